The first-order valence-corrected chi connectivity index (χ1v) is 14.3. The number of benzene rings is 2. The number of methoxy groups -OCH3 is 1. The maximum absolute atomic E-state index is 14.1. The molecule has 0 radical (unpaired) electrons. The van der Waals surface area contributed by atoms with Crippen LogP contribution in [-0.2, 0) is 9.59 Å². The fourth-order valence-electron chi connectivity index (χ4n) is 8.67. The Kier molecular flexibility index (Phi) is 6.36. The Balaban J connectivity index is 1.24. The van der Waals surface area contributed by atoms with Crippen molar-refractivity contribution >= 4 is 11.8 Å². The van der Waals surface area contributed by atoms with Gasteiger partial charge in [0.2, 0.25) is 11.8 Å². The molecule has 2 saturated carbocycles. The van der Waals surface area contributed by atoms with E-state index in [2.05, 4.69) is 54.8 Å². The van der Waals surface area contributed by atoms with Gasteiger partial charge in [-0.2, -0.15) is 0 Å². The Bertz CT molecular complexity index is 1240. The van der Waals surface area contributed by atoms with Crippen LogP contribution >= 0.6 is 0 Å². The van der Waals surface area contributed by atoms with Crippen LogP contribution in [0, 0.1) is 34.5 Å². The average molecular weight is 513 g/mol. The van der Waals surface area contributed by atoms with Crippen molar-refractivity contribution in [3.05, 3.63) is 77.5 Å². The van der Waals surface area contributed by atoms with E-state index in [9.17, 15) is 9.59 Å². The maximum Gasteiger partial charge on any atom is 0.224 e. The smallest absolute Gasteiger partial charge is 0.224 e. The number of carbonyl (C=O) groups excluding carboxylic acids is 2. The molecule has 3 fully saturated rings. The Morgan fingerprint density at radius 1 is 0.974 bits per heavy atom. The predicted octanol–water partition coefficient (Wildman–Crippen LogP) is 6.16. The number of ether oxygens (including phenoxy) is 1. The van der Waals surface area contributed by atoms with Gasteiger partial charge < -0.3 is 15.4 Å². The molecular formula is C33H40N2O3. The molecule has 4 aliphatic rings. The van der Waals surface area contributed by atoms with E-state index in [0.29, 0.717) is 24.2 Å². The average Bonchev–Trinajstić information content (AvgIpc) is 3.30. The van der Waals surface area contributed by atoms with E-state index in [1.54, 1.807) is 7.11 Å². The summed E-state index contributed by atoms with van der Waals surface area (Å²) in [6.07, 6.45) is 9.16. The Morgan fingerprint density at radius 2 is 1.71 bits per heavy atom. The quantitative estimate of drug-likeness (QED) is 0.504. The van der Waals surface area contributed by atoms with Crippen molar-refractivity contribution in [1.29, 1.82) is 0 Å². The molecule has 0 aromatic heterocycles. The second-order valence-electron chi connectivity index (χ2n) is 12.5. The molecule has 1 heterocycles. The lowest BCUT2D eigenvalue weighted by Crippen LogP contribution is -2.54. The van der Waals surface area contributed by atoms with Crippen molar-refractivity contribution in [2.75, 3.05) is 7.11 Å². The van der Waals surface area contributed by atoms with E-state index >= 15 is 0 Å². The molecule has 2 aromatic carbocycles. The number of amides is 2. The van der Waals surface area contributed by atoms with E-state index < -0.39 is 0 Å². The number of carbonyl (C=O) groups is 2. The van der Waals surface area contributed by atoms with E-state index in [1.807, 2.05) is 30.3 Å². The molecule has 0 spiro atoms. The van der Waals surface area contributed by atoms with Crippen molar-refractivity contribution < 1.29 is 14.3 Å². The van der Waals surface area contributed by atoms with Crippen molar-refractivity contribution in [3.63, 3.8) is 0 Å². The Labute approximate surface area is 226 Å². The third kappa shape index (κ3) is 4.06. The van der Waals surface area contributed by atoms with Crippen molar-refractivity contribution in [3.8, 4) is 5.75 Å². The molecule has 0 bridgehead atoms. The van der Waals surface area contributed by atoms with Gasteiger partial charge in [-0.1, -0.05) is 62.4 Å². The first-order chi connectivity index (χ1) is 18.3. The molecule has 1 aliphatic heterocycles. The second-order valence-corrected chi connectivity index (χ2v) is 12.5. The Hall–Kier alpha value is -3.08. The van der Waals surface area contributed by atoms with Crippen LogP contribution < -0.4 is 15.4 Å². The molecule has 5 nitrogen and oxygen atoms in total. The van der Waals surface area contributed by atoms with E-state index in [1.165, 1.54) is 0 Å². The second kappa shape index (κ2) is 9.59. The minimum atomic E-state index is -0.196. The number of hydrogen-bond acceptors (Lipinski definition) is 3. The van der Waals surface area contributed by atoms with Gasteiger partial charge in [-0.05, 0) is 85.0 Å². The molecule has 7 atom stereocenters. The molecule has 200 valence electrons. The minimum Gasteiger partial charge on any atom is -0.497 e. The third-order valence-electron chi connectivity index (χ3n) is 10.8. The predicted molar refractivity (Wildman–Crippen MR) is 148 cm³/mol. The number of fused-ring (bicyclic) bond motifs is 5. The van der Waals surface area contributed by atoms with Crippen LogP contribution in [0.1, 0.15) is 76.0 Å². The highest BCUT2D eigenvalue weighted by molar-refractivity contribution is 5.81. The van der Waals surface area contributed by atoms with Crippen molar-refractivity contribution in [2.45, 2.75) is 64.8 Å². The first-order valence-electron chi connectivity index (χ1n) is 14.3. The van der Waals surface area contributed by atoms with Crippen LogP contribution in [0.25, 0.3) is 0 Å². The van der Waals surface area contributed by atoms with Gasteiger partial charge in [0.1, 0.15) is 5.75 Å². The first kappa shape index (κ1) is 25.2. The van der Waals surface area contributed by atoms with Crippen LogP contribution in [0.2, 0.25) is 0 Å². The molecule has 1 saturated heterocycles. The fraction of sp³-hybridized carbons (Fsp3) is 0.515. The lowest BCUT2D eigenvalue weighted by molar-refractivity contribution is -0.133. The van der Waals surface area contributed by atoms with Gasteiger partial charge in [0, 0.05) is 23.5 Å². The van der Waals surface area contributed by atoms with Crippen LogP contribution in [0.5, 0.6) is 5.75 Å². The van der Waals surface area contributed by atoms with Crippen LogP contribution in [-0.4, -0.2) is 18.9 Å². The standard InChI is InChI=1S/C33H40N2O3/c1-32-19-17-26-24(13-16-28-33(26,2)20-18-29(36)34-28)25(32)14-15-27(32)31(37)35-30(21-7-5-4-6-8-21)22-9-11-23(38-3)12-10-22/h4-12,16,24-27,30H,13-15,17-20H2,1-3H3,(H,34,36)(H,35,37)/t24-,25-,26-,27+,30?,32-,33+/m0/s1. The highest BCUT2D eigenvalue weighted by atomic mass is 16.5. The number of nitrogens with one attached hydrogen (secondary N) is 2. The van der Waals surface area contributed by atoms with Crippen molar-refractivity contribution in [1.82, 2.24) is 10.6 Å². The summed E-state index contributed by atoms with van der Waals surface area (Å²) >= 11 is 0. The highest BCUT2D eigenvalue weighted by Crippen LogP contribution is 2.65. The number of allylic oxidation sites excluding steroid dienone is 2. The van der Waals surface area contributed by atoms with E-state index in [0.717, 1.165) is 61.1 Å². The van der Waals surface area contributed by atoms with Crippen LogP contribution in [0.3, 0.4) is 0 Å². The summed E-state index contributed by atoms with van der Waals surface area (Å²) in [5.74, 6) is 2.88. The topological polar surface area (TPSA) is 67.4 Å². The highest BCUT2D eigenvalue weighted by Gasteiger charge is 2.60. The summed E-state index contributed by atoms with van der Waals surface area (Å²) in [6, 6.07) is 18.1. The van der Waals surface area contributed by atoms with Crippen LogP contribution in [0.15, 0.2) is 66.4 Å². The Morgan fingerprint density at radius 3 is 2.45 bits per heavy atom. The number of hydrogen-bond donors (Lipinski definition) is 2. The SMILES string of the molecule is COc1ccc(C(NC(=O)[C@H]2CC[C@H]3[C@@H]4CC=C5NC(=O)CC[C@]5(C)[C@H]4CC[C@]23C)c2ccccc2)cc1. The minimum absolute atomic E-state index is 0.00597. The summed E-state index contributed by atoms with van der Waals surface area (Å²) in [4.78, 5) is 26.2. The molecule has 3 aliphatic carbocycles. The summed E-state index contributed by atoms with van der Waals surface area (Å²) in [7, 11) is 1.67. The van der Waals surface area contributed by atoms with Gasteiger partial charge in [0.25, 0.3) is 0 Å². The van der Waals surface area contributed by atoms with Crippen LogP contribution in [0.4, 0.5) is 0 Å². The normalized spacial score (nSPS) is 34.6. The molecule has 38 heavy (non-hydrogen) atoms. The number of piperidine rings is 1. The molecule has 1 unspecified atom stereocenters. The molecule has 2 aromatic rings. The molecule has 6 rings (SSSR count). The van der Waals surface area contributed by atoms with Gasteiger partial charge in [0.05, 0.1) is 13.2 Å². The number of rotatable bonds is 5. The zero-order valence-corrected chi connectivity index (χ0v) is 22.8. The van der Waals surface area contributed by atoms with Gasteiger partial charge in [0.15, 0.2) is 0 Å². The molecule has 2 N–H and O–H groups in total. The maximum atomic E-state index is 14.1. The summed E-state index contributed by atoms with van der Waals surface area (Å²) in [6.45, 7) is 4.76. The lowest BCUT2D eigenvalue weighted by atomic mass is 9.49. The summed E-state index contributed by atoms with van der Waals surface area (Å²) < 4.78 is 5.37. The molecular weight excluding hydrogens is 472 g/mol. The van der Waals surface area contributed by atoms with E-state index in [4.69, 9.17) is 4.74 Å². The monoisotopic (exact) mass is 512 g/mol. The third-order valence-corrected chi connectivity index (χ3v) is 10.8. The summed E-state index contributed by atoms with van der Waals surface area (Å²) in [5, 5.41) is 6.68. The summed E-state index contributed by atoms with van der Waals surface area (Å²) in [5.41, 5.74) is 3.38. The largest absolute Gasteiger partial charge is 0.497 e. The van der Waals surface area contributed by atoms with E-state index in [-0.39, 0.29) is 34.6 Å². The zero-order valence-electron chi connectivity index (χ0n) is 22.8. The van der Waals surface area contributed by atoms with Gasteiger partial charge in [-0.25, -0.2) is 0 Å². The lowest BCUT2D eigenvalue weighted by Gasteiger charge is -2.57. The van der Waals surface area contributed by atoms with Crippen molar-refractivity contribution in [2.24, 2.45) is 34.5 Å². The van der Waals surface area contributed by atoms with Gasteiger partial charge >= 0.3 is 0 Å². The molecule has 5 heteroatoms. The van der Waals surface area contributed by atoms with Gasteiger partial charge in [-0.3, -0.25) is 9.59 Å². The fourth-order valence-corrected chi connectivity index (χ4v) is 8.67. The van der Waals surface area contributed by atoms with Gasteiger partial charge in [-0.15, -0.1) is 0 Å². The molecule has 2 amide bonds. The zero-order chi connectivity index (χ0) is 26.5.